The molecule has 0 bridgehead atoms. The van der Waals surface area contributed by atoms with E-state index in [4.69, 9.17) is 4.74 Å². The highest BCUT2D eigenvalue weighted by Gasteiger charge is 2.14. The van der Waals surface area contributed by atoms with Crippen LogP contribution in [0.15, 0.2) is 18.2 Å². The molecule has 0 saturated carbocycles. The third-order valence-corrected chi connectivity index (χ3v) is 3.70. The van der Waals surface area contributed by atoms with Crippen LogP contribution in [0.1, 0.15) is 18.1 Å². The van der Waals surface area contributed by atoms with E-state index in [1.165, 1.54) is 12.5 Å². The highest BCUT2D eigenvalue weighted by Crippen LogP contribution is 2.21. The van der Waals surface area contributed by atoms with Crippen molar-refractivity contribution in [3.8, 4) is 5.75 Å². The van der Waals surface area contributed by atoms with E-state index >= 15 is 0 Å². The van der Waals surface area contributed by atoms with Crippen molar-refractivity contribution in [1.82, 2.24) is 0 Å². The second-order valence-corrected chi connectivity index (χ2v) is 10.9. The number of carbonyl (C=O) groups is 1. The first-order chi connectivity index (χ1) is 7.28. The minimum absolute atomic E-state index is 0.263. The molecule has 2 nitrogen and oxygen atoms in total. The van der Waals surface area contributed by atoms with E-state index in [-0.39, 0.29) is 5.97 Å². The summed E-state index contributed by atoms with van der Waals surface area (Å²) in [5.74, 6) is 0.410. The number of carbonyl (C=O) groups excluding carboxylic acids is 1. The van der Waals surface area contributed by atoms with Gasteiger partial charge in [0.2, 0.25) is 0 Å². The van der Waals surface area contributed by atoms with Crippen LogP contribution in [0.4, 0.5) is 0 Å². The SMILES string of the molecule is CC(=O)Oc1ccc(C[Si](C)(C)C)cc1C. The molecule has 1 aromatic carbocycles. The number of esters is 1. The second kappa shape index (κ2) is 4.83. The molecule has 0 fully saturated rings. The predicted octanol–water partition coefficient (Wildman–Crippen LogP) is 3.34. The van der Waals surface area contributed by atoms with Gasteiger partial charge in [-0.15, -0.1) is 0 Å². The van der Waals surface area contributed by atoms with Gasteiger partial charge in [-0.3, -0.25) is 4.79 Å². The Morgan fingerprint density at radius 2 is 1.94 bits per heavy atom. The Morgan fingerprint density at radius 3 is 2.38 bits per heavy atom. The highest BCUT2D eigenvalue weighted by molar-refractivity contribution is 6.75. The molecular formula is C13H20O2Si. The van der Waals surface area contributed by atoms with E-state index in [2.05, 4.69) is 31.8 Å². The number of hydrogen-bond acceptors (Lipinski definition) is 2. The molecule has 0 N–H and O–H groups in total. The van der Waals surface area contributed by atoms with E-state index in [9.17, 15) is 4.79 Å². The first-order valence-corrected chi connectivity index (χ1v) is 9.26. The van der Waals surface area contributed by atoms with Crippen molar-refractivity contribution >= 4 is 14.0 Å². The standard InChI is InChI=1S/C13H20O2Si/c1-10-8-12(9-16(3,4)5)6-7-13(10)15-11(2)14/h6-8H,9H2,1-5H3. The van der Waals surface area contributed by atoms with Crippen molar-refractivity contribution in [2.45, 2.75) is 39.5 Å². The molecule has 1 aromatic rings. The topological polar surface area (TPSA) is 26.3 Å². The average molecular weight is 236 g/mol. The molecule has 0 aliphatic heterocycles. The minimum atomic E-state index is -1.08. The molecule has 0 spiro atoms. The van der Waals surface area contributed by atoms with Crippen LogP contribution in [-0.2, 0) is 10.8 Å². The quantitative estimate of drug-likeness (QED) is 0.457. The summed E-state index contributed by atoms with van der Waals surface area (Å²) in [4.78, 5) is 10.9. The molecule has 0 amide bonds. The Kier molecular flexibility index (Phi) is 3.91. The molecule has 3 heteroatoms. The van der Waals surface area contributed by atoms with Crippen molar-refractivity contribution in [2.75, 3.05) is 0 Å². The lowest BCUT2D eigenvalue weighted by molar-refractivity contribution is -0.131. The third-order valence-electron chi connectivity index (χ3n) is 2.23. The van der Waals surface area contributed by atoms with E-state index in [0.717, 1.165) is 11.6 Å². The van der Waals surface area contributed by atoms with Crippen molar-refractivity contribution in [1.29, 1.82) is 0 Å². The summed E-state index contributed by atoms with van der Waals surface area (Å²) in [5.41, 5.74) is 2.37. The summed E-state index contributed by atoms with van der Waals surface area (Å²) in [6.07, 6.45) is 0. The van der Waals surface area contributed by atoms with Crippen LogP contribution < -0.4 is 4.74 Å². The van der Waals surface area contributed by atoms with E-state index in [1.54, 1.807) is 0 Å². The van der Waals surface area contributed by atoms with Crippen LogP contribution in [0.2, 0.25) is 19.6 Å². The van der Waals surface area contributed by atoms with Gasteiger partial charge in [0, 0.05) is 15.0 Å². The van der Waals surface area contributed by atoms with Gasteiger partial charge in [-0.05, 0) is 24.6 Å². The van der Waals surface area contributed by atoms with Crippen molar-refractivity contribution in [2.24, 2.45) is 0 Å². The maximum atomic E-state index is 10.9. The summed E-state index contributed by atoms with van der Waals surface area (Å²) in [6, 6.07) is 7.24. The first kappa shape index (κ1) is 13.0. The Morgan fingerprint density at radius 1 is 1.31 bits per heavy atom. The van der Waals surface area contributed by atoms with Crippen molar-refractivity contribution in [3.63, 3.8) is 0 Å². The lowest BCUT2D eigenvalue weighted by Gasteiger charge is -2.16. The molecule has 88 valence electrons. The maximum Gasteiger partial charge on any atom is 0.308 e. The van der Waals surface area contributed by atoms with Crippen LogP contribution in [-0.4, -0.2) is 14.0 Å². The summed E-state index contributed by atoms with van der Waals surface area (Å²) >= 11 is 0. The fourth-order valence-corrected chi connectivity index (χ4v) is 3.15. The monoisotopic (exact) mass is 236 g/mol. The number of hydrogen-bond donors (Lipinski definition) is 0. The molecule has 0 aliphatic rings. The lowest BCUT2D eigenvalue weighted by Crippen LogP contribution is -2.23. The molecule has 0 radical (unpaired) electrons. The number of benzene rings is 1. The molecule has 0 aromatic heterocycles. The molecule has 16 heavy (non-hydrogen) atoms. The largest absolute Gasteiger partial charge is 0.426 e. The fourth-order valence-electron chi connectivity index (χ4n) is 1.70. The van der Waals surface area contributed by atoms with Gasteiger partial charge >= 0.3 is 5.97 Å². The molecule has 0 atom stereocenters. The zero-order valence-electron chi connectivity index (χ0n) is 10.8. The summed E-state index contributed by atoms with van der Waals surface area (Å²) in [5, 5.41) is 0. The first-order valence-electron chi connectivity index (χ1n) is 5.56. The van der Waals surface area contributed by atoms with E-state index in [0.29, 0.717) is 5.75 Å². The minimum Gasteiger partial charge on any atom is -0.426 e. The van der Waals surface area contributed by atoms with Gasteiger partial charge in [-0.1, -0.05) is 37.3 Å². The van der Waals surface area contributed by atoms with Gasteiger partial charge < -0.3 is 4.74 Å². The third kappa shape index (κ3) is 4.19. The molecule has 1 rings (SSSR count). The zero-order chi connectivity index (χ0) is 12.3. The second-order valence-electron chi connectivity index (χ2n) is 5.43. The summed E-state index contributed by atoms with van der Waals surface area (Å²) < 4.78 is 5.10. The predicted molar refractivity (Wildman–Crippen MR) is 69.5 cm³/mol. The fraction of sp³-hybridized carbons (Fsp3) is 0.462. The van der Waals surface area contributed by atoms with E-state index < -0.39 is 8.07 Å². The van der Waals surface area contributed by atoms with Crippen LogP contribution in [0.5, 0.6) is 5.75 Å². The normalized spacial score (nSPS) is 11.3. The van der Waals surface area contributed by atoms with Crippen LogP contribution in [0.25, 0.3) is 0 Å². The van der Waals surface area contributed by atoms with Gasteiger partial charge in [-0.25, -0.2) is 0 Å². The highest BCUT2D eigenvalue weighted by atomic mass is 28.3. The number of aryl methyl sites for hydroxylation is 1. The van der Waals surface area contributed by atoms with E-state index in [1.807, 2.05) is 13.0 Å². The maximum absolute atomic E-state index is 10.9. The van der Waals surface area contributed by atoms with Crippen LogP contribution >= 0.6 is 0 Å². The smallest absolute Gasteiger partial charge is 0.308 e. The summed E-state index contributed by atoms with van der Waals surface area (Å²) in [6.45, 7) is 10.5. The molecule has 0 aliphatic carbocycles. The Bertz CT molecular complexity index is 391. The Balaban J connectivity index is 2.87. The van der Waals surface area contributed by atoms with Crippen molar-refractivity contribution in [3.05, 3.63) is 29.3 Å². The molecular weight excluding hydrogens is 216 g/mol. The lowest BCUT2D eigenvalue weighted by atomic mass is 10.1. The number of ether oxygens (including phenoxy) is 1. The molecule has 0 heterocycles. The van der Waals surface area contributed by atoms with Gasteiger partial charge in [0.15, 0.2) is 0 Å². The summed E-state index contributed by atoms with van der Waals surface area (Å²) in [7, 11) is -1.08. The van der Waals surface area contributed by atoms with Gasteiger partial charge in [0.05, 0.1) is 0 Å². The van der Waals surface area contributed by atoms with Crippen LogP contribution in [0.3, 0.4) is 0 Å². The van der Waals surface area contributed by atoms with Gasteiger partial charge in [0.25, 0.3) is 0 Å². The van der Waals surface area contributed by atoms with Gasteiger partial charge in [0.1, 0.15) is 5.75 Å². The number of rotatable bonds is 3. The average Bonchev–Trinajstić information content (AvgIpc) is 2.06. The van der Waals surface area contributed by atoms with Crippen LogP contribution in [0, 0.1) is 6.92 Å². The Hall–Kier alpha value is -1.09. The van der Waals surface area contributed by atoms with Gasteiger partial charge in [-0.2, -0.15) is 0 Å². The Labute approximate surface area is 98.6 Å². The van der Waals surface area contributed by atoms with Crippen molar-refractivity contribution < 1.29 is 9.53 Å². The molecule has 0 unspecified atom stereocenters. The molecule has 0 saturated heterocycles. The zero-order valence-corrected chi connectivity index (χ0v) is 11.8.